The molecule has 2 heterocycles. The summed E-state index contributed by atoms with van der Waals surface area (Å²) >= 11 is 5.81. The number of halogens is 3. The molecule has 1 fully saturated rings. The molecule has 5 nitrogen and oxygen atoms in total. The van der Waals surface area contributed by atoms with Crippen LogP contribution in [0.15, 0.2) is 34.9 Å². The lowest BCUT2D eigenvalue weighted by Gasteiger charge is -2.33. The molecule has 0 saturated carbocycles. The van der Waals surface area contributed by atoms with Crippen LogP contribution in [0.4, 0.5) is 4.39 Å². The molecular formula is C16H17Cl2FN2O3. The molecule has 0 spiro atoms. The number of amides is 1. The molecule has 2 N–H and O–H groups in total. The largest absolute Gasteiger partial charge is 0.467 e. The first kappa shape index (κ1) is 18.7. The van der Waals surface area contributed by atoms with Crippen molar-refractivity contribution in [2.24, 2.45) is 5.73 Å². The molecule has 130 valence electrons. The molecule has 1 unspecified atom stereocenters. The van der Waals surface area contributed by atoms with Crippen molar-refractivity contribution in [1.82, 2.24) is 4.90 Å². The summed E-state index contributed by atoms with van der Waals surface area (Å²) in [5.41, 5.74) is 6.69. The molecule has 1 atom stereocenters. The van der Waals surface area contributed by atoms with Crippen molar-refractivity contribution in [3.05, 3.63) is 58.3 Å². The molecule has 8 heteroatoms. The zero-order chi connectivity index (χ0) is 16.4. The van der Waals surface area contributed by atoms with Gasteiger partial charge in [0, 0.05) is 6.54 Å². The van der Waals surface area contributed by atoms with Gasteiger partial charge in [0.1, 0.15) is 23.9 Å². The van der Waals surface area contributed by atoms with Gasteiger partial charge in [-0.25, -0.2) is 4.39 Å². The highest BCUT2D eigenvalue weighted by atomic mass is 35.5. The highest BCUT2D eigenvalue weighted by molar-refractivity contribution is 6.30. The SMILES string of the molecule is Cl.NCc1cc(C(=O)N2CCOC(c3ccc(F)c(Cl)c3)C2)co1. The van der Waals surface area contributed by atoms with Gasteiger partial charge in [-0.2, -0.15) is 0 Å². The van der Waals surface area contributed by atoms with Gasteiger partial charge in [-0.1, -0.05) is 17.7 Å². The minimum atomic E-state index is -0.480. The van der Waals surface area contributed by atoms with Crippen molar-refractivity contribution >= 4 is 29.9 Å². The van der Waals surface area contributed by atoms with E-state index in [2.05, 4.69) is 0 Å². The fourth-order valence-corrected chi connectivity index (χ4v) is 2.72. The Hall–Kier alpha value is -1.60. The maximum Gasteiger partial charge on any atom is 0.257 e. The predicted octanol–water partition coefficient (Wildman–Crippen LogP) is 3.17. The third-order valence-corrected chi connectivity index (χ3v) is 4.06. The Labute approximate surface area is 149 Å². The standard InChI is InChI=1S/C16H16ClFN2O3.ClH/c17-13-6-10(1-2-14(13)18)15-8-20(3-4-22-15)16(21)11-5-12(7-19)23-9-11;/h1-2,5-6,9,15H,3-4,7-8,19H2;1H. The molecule has 1 aromatic carbocycles. The molecule has 0 bridgehead atoms. The lowest BCUT2D eigenvalue weighted by Crippen LogP contribution is -2.42. The maximum atomic E-state index is 13.3. The summed E-state index contributed by atoms with van der Waals surface area (Å²) in [6, 6.07) is 6.08. The van der Waals surface area contributed by atoms with E-state index in [9.17, 15) is 9.18 Å². The molecule has 1 aliphatic heterocycles. The smallest absolute Gasteiger partial charge is 0.257 e. The number of benzene rings is 1. The second kappa shape index (κ2) is 7.98. The zero-order valence-corrected chi connectivity index (χ0v) is 14.3. The van der Waals surface area contributed by atoms with E-state index in [0.717, 1.165) is 5.56 Å². The molecule has 1 saturated heterocycles. The van der Waals surface area contributed by atoms with E-state index in [1.165, 1.54) is 18.4 Å². The van der Waals surface area contributed by atoms with Crippen molar-refractivity contribution in [3.8, 4) is 0 Å². The van der Waals surface area contributed by atoms with Gasteiger partial charge in [0.15, 0.2) is 0 Å². The molecule has 3 rings (SSSR count). The summed E-state index contributed by atoms with van der Waals surface area (Å²) in [5, 5.41) is 0.0389. The van der Waals surface area contributed by atoms with Crippen LogP contribution in [0, 0.1) is 5.82 Å². The minimum Gasteiger partial charge on any atom is -0.467 e. The van der Waals surface area contributed by atoms with Gasteiger partial charge < -0.3 is 19.8 Å². The van der Waals surface area contributed by atoms with Gasteiger partial charge in [-0.15, -0.1) is 12.4 Å². The van der Waals surface area contributed by atoms with Crippen molar-refractivity contribution in [2.45, 2.75) is 12.6 Å². The van der Waals surface area contributed by atoms with E-state index < -0.39 is 5.82 Å². The Morgan fingerprint density at radius 1 is 1.42 bits per heavy atom. The number of nitrogens with two attached hydrogens (primary N) is 1. The van der Waals surface area contributed by atoms with Gasteiger partial charge in [0.05, 0.1) is 30.3 Å². The number of rotatable bonds is 3. The van der Waals surface area contributed by atoms with E-state index in [1.807, 2.05) is 0 Å². The Balaban J connectivity index is 0.00000208. The summed E-state index contributed by atoms with van der Waals surface area (Å²) in [6.07, 6.45) is 1.07. The van der Waals surface area contributed by atoms with E-state index >= 15 is 0 Å². The van der Waals surface area contributed by atoms with Gasteiger partial charge in [-0.05, 0) is 23.8 Å². The van der Waals surface area contributed by atoms with E-state index in [1.54, 1.807) is 17.0 Å². The monoisotopic (exact) mass is 374 g/mol. The summed E-state index contributed by atoms with van der Waals surface area (Å²) in [5.74, 6) is -0.0645. The van der Waals surface area contributed by atoms with Crippen LogP contribution < -0.4 is 5.73 Å². The van der Waals surface area contributed by atoms with Crippen molar-refractivity contribution < 1.29 is 18.3 Å². The average molecular weight is 375 g/mol. The van der Waals surface area contributed by atoms with Crippen LogP contribution in [0.3, 0.4) is 0 Å². The summed E-state index contributed by atoms with van der Waals surface area (Å²) in [7, 11) is 0. The molecule has 1 amide bonds. The van der Waals surface area contributed by atoms with Crippen LogP contribution in [-0.4, -0.2) is 30.5 Å². The minimum absolute atomic E-state index is 0. The Morgan fingerprint density at radius 3 is 2.88 bits per heavy atom. The van der Waals surface area contributed by atoms with Crippen LogP contribution in [0.25, 0.3) is 0 Å². The number of ether oxygens (including phenoxy) is 1. The van der Waals surface area contributed by atoms with Gasteiger partial charge in [-0.3, -0.25) is 4.79 Å². The number of hydrogen-bond acceptors (Lipinski definition) is 4. The topological polar surface area (TPSA) is 68.7 Å². The number of nitrogens with zero attached hydrogens (tertiary/aromatic N) is 1. The van der Waals surface area contributed by atoms with Crippen LogP contribution in [0.2, 0.25) is 5.02 Å². The highest BCUT2D eigenvalue weighted by Crippen LogP contribution is 2.27. The van der Waals surface area contributed by atoms with Gasteiger partial charge in [0.2, 0.25) is 0 Å². The Bertz CT molecular complexity index is 723. The Kier molecular flexibility index (Phi) is 6.23. The van der Waals surface area contributed by atoms with Gasteiger partial charge >= 0.3 is 0 Å². The van der Waals surface area contributed by atoms with E-state index in [4.69, 9.17) is 26.5 Å². The molecule has 0 aliphatic carbocycles. The third-order valence-electron chi connectivity index (χ3n) is 3.77. The Morgan fingerprint density at radius 2 is 2.21 bits per heavy atom. The second-order valence-corrected chi connectivity index (χ2v) is 5.70. The highest BCUT2D eigenvalue weighted by Gasteiger charge is 2.27. The van der Waals surface area contributed by atoms with Crippen molar-refractivity contribution in [3.63, 3.8) is 0 Å². The van der Waals surface area contributed by atoms with Crippen LogP contribution in [0.1, 0.15) is 27.8 Å². The fraction of sp³-hybridized carbons (Fsp3) is 0.312. The number of furan rings is 1. The zero-order valence-electron chi connectivity index (χ0n) is 12.7. The fourth-order valence-electron chi connectivity index (χ4n) is 2.53. The first-order valence-electron chi connectivity index (χ1n) is 7.22. The second-order valence-electron chi connectivity index (χ2n) is 5.29. The van der Waals surface area contributed by atoms with Crippen molar-refractivity contribution in [2.75, 3.05) is 19.7 Å². The van der Waals surface area contributed by atoms with Crippen LogP contribution >= 0.6 is 24.0 Å². The molecule has 1 aromatic heterocycles. The molecule has 1 aliphatic rings. The summed E-state index contributed by atoms with van der Waals surface area (Å²) < 4.78 is 24.2. The average Bonchev–Trinajstić information content (AvgIpc) is 3.06. The predicted molar refractivity (Wildman–Crippen MR) is 89.9 cm³/mol. The quantitative estimate of drug-likeness (QED) is 0.895. The normalized spacial score (nSPS) is 17.5. The number of carbonyl (C=O) groups excluding carboxylic acids is 1. The lowest BCUT2D eigenvalue weighted by atomic mass is 10.1. The third kappa shape index (κ3) is 3.89. The van der Waals surface area contributed by atoms with Crippen molar-refractivity contribution in [1.29, 1.82) is 0 Å². The molecular weight excluding hydrogens is 358 g/mol. The summed E-state index contributed by atoms with van der Waals surface area (Å²) in [6.45, 7) is 1.48. The molecule has 0 radical (unpaired) electrons. The van der Waals surface area contributed by atoms with E-state index in [0.29, 0.717) is 31.0 Å². The summed E-state index contributed by atoms with van der Waals surface area (Å²) in [4.78, 5) is 14.2. The van der Waals surface area contributed by atoms with Crippen LogP contribution in [-0.2, 0) is 11.3 Å². The molecule has 24 heavy (non-hydrogen) atoms. The first-order chi connectivity index (χ1) is 11.1. The maximum absolute atomic E-state index is 13.3. The first-order valence-corrected chi connectivity index (χ1v) is 7.59. The number of morpholine rings is 1. The molecule has 2 aromatic rings. The van der Waals surface area contributed by atoms with Crippen LogP contribution in [0.5, 0.6) is 0 Å². The number of carbonyl (C=O) groups is 1. The van der Waals surface area contributed by atoms with E-state index in [-0.39, 0.29) is 36.0 Å². The van der Waals surface area contributed by atoms with Gasteiger partial charge in [0.25, 0.3) is 5.91 Å². The number of hydrogen-bond donors (Lipinski definition) is 1. The lowest BCUT2D eigenvalue weighted by molar-refractivity contribution is -0.0228.